The second kappa shape index (κ2) is 15.7. The Morgan fingerprint density at radius 3 is 2.16 bits per heavy atom. The summed E-state index contributed by atoms with van der Waals surface area (Å²) in [5, 5.41) is 12.0. The van der Waals surface area contributed by atoms with Crippen LogP contribution in [0.15, 0.2) is 66.7 Å². The lowest BCUT2D eigenvalue weighted by Crippen LogP contribution is -2.49. The van der Waals surface area contributed by atoms with Crippen LogP contribution in [0.2, 0.25) is 0 Å². The zero-order chi connectivity index (χ0) is 31.0. The number of halogens is 2. The molecule has 1 aliphatic heterocycles. The molecule has 44 heavy (non-hydrogen) atoms. The molecular weight excluding hydrogens is 611 g/mol. The van der Waals surface area contributed by atoms with Crippen LogP contribution in [0.3, 0.4) is 0 Å². The maximum Gasteiger partial charge on any atom is 0.338 e. The molecular formula is C31H38ClFN4O6S. The Morgan fingerprint density at radius 1 is 1.00 bits per heavy atom. The quantitative estimate of drug-likeness (QED) is 0.207. The summed E-state index contributed by atoms with van der Waals surface area (Å²) >= 11 is 0. The maximum absolute atomic E-state index is 13.8. The van der Waals surface area contributed by atoms with Crippen LogP contribution in [0.5, 0.6) is 11.5 Å². The monoisotopic (exact) mass is 648 g/mol. The minimum absolute atomic E-state index is 0. The van der Waals surface area contributed by atoms with Gasteiger partial charge >= 0.3 is 12.0 Å². The molecule has 3 aromatic carbocycles. The average Bonchev–Trinajstić information content (AvgIpc) is 2.96. The van der Waals surface area contributed by atoms with Crippen molar-refractivity contribution in [2.24, 2.45) is 0 Å². The number of amides is 2. The van der Waals surface area contributed by atoms with Crippen LogP contribution in [0.1, 0.15) is 48.5 Å². The average molecular weight is 649 g/mol. The standard InChI is InChI=1S/C31H37FN4O6S.ClH/c1-3-4-17-36(31(39)33-24-9-14-29(32)28(20-24)30(37)38)25-15-18-35(19-16-25)21-22-5-10-26(11-6-22)42-27-12-7-23(8-13-27)34-43(2,40)41;/h5-14,20,25,34H,3-4,15-19,21H2,1-2H3,(H,33,39)(H,37,38);1H. The molecule has 0 atom stereocenters. The van der Waals surface area contributed by atoms with E-state index in [9.17, 15) is 27.5 Å². The topological polar surface area (TPSA) is 128 Å². The van der Waals surface area contributed by atoms with Gasteiger partial charge in [0.1, 0.15) is 17.3 Å². The number of sulfonamides is 1. The third-order valence-corrected chi connectivity index (χ3v) is 7.79. The molecule has 0 spiro atoms. The van der Waals surface area contributed by atoms with Crippen LogP contribution >= 0.6 is 12.4 Å². The smallest absolute Gasteiger partial charge is 0.338 e. The number of hydrogen-bond donors (Lipinski definition) is 3. The first-order chi connectivity index (χ1) is 20.5. The van der Waals surface area contributed by atoms with E-state index in [2.05, 4.69) is 21.9 Å². The van der Waals surface area contributed by atoms with Gasteiger partial charge in [0.2, 0.25) is 10.0 Å². The van der Waals surface area contributed by atoms with Crippen LogP contribution in [0, 0.1) is 5.82 Å². The zero-order valence-electron chi connectivity index (χ0n) is 24.7. The molecule has 4 rings (SSSR count). The minimum atomic E-state index is -3.34. The van der Waals surface area contributed by atoms with Gasteiger partial charge in [0, 0.05) is 43.6 Å². The lowest BCUT2D eigenvalue weighted by atomic mass is 10.0. The fraction of sp³-hybridized carbons (Fsp3) is 0.355. The van der Waals surface area contributed by atoms with Gasteiger partial charge in [-0.1, -0.05) is 25.5 Å². The number of carbonyl (C=O) groups excluding carboxylic acids is 1. The molecule has 0 bridgehead atoms. The zero-order valence-corrected chi connectivity index (χ0v) is 26.3. The number of carbonyl (C=O) groups is 2. The molecule has 0 aromatic heterocycles. The Labute approximate surface area is 263 Å². The van der Waals surface area contributed by atoms with Gasteiger partial charge in [0.15, 0.2) is 0 Å². The molecule has 10 nitrogen and oxygen atoms in total. The Balaban J connectivity index is 0.00000529. The second-order valence-corrected chi connectivity index (χ2v) is 12.4. The molecule has 1 fully saturated rings. The van der Waals surface area contributed by atoms with E-state index in [4.69, 9.17) is 4.74 Å². The van der Waals surface area contributed by atoms with E-state index in [1.807, 2.05) is 29.2 Å². The molecule has 1 saturated heterocycles. The highest BCUT2D eigenvalue weighted by atomic mass is 35.5. The number of carboxylic acids is 1. The first-order valence-electron chi connectivity index (χ1n) is 14.2. The summed E-state index contributed by atoms with van der Waals surface area (Å²) in [6.45, 7) is 5.02. The largest absolute Gasteiger partial charge is 0.478 e. The van der Waals surface area contributed by atoms with E-state index in [1.165, 1.54) is 6.07 Å². The molecule has 2 amide bonds. The van der Waals surface area contributed by atoms with E-state index in [0.717, 1.165) is 69.3 Å². The first-order valence-corrected chi connectivity index (χ1v) is 16.1. The number of carboxylic acid groups (broad SMARTS) is 1. The van der Waals surface area contributed by atoms with Crippen molar-refractivity contribution in [3.8, 4) is 11.5 Å². The molecule has 3 N–H and O–H groups in total. The van der Waals surface area contributed by atoms with Crippen molar-refractivity contribution in [3.63, 3.8) is 0 Å². The van der Waals surface area contributed by atoms with Gasteiger partial charge in [0.05, 0.1) is 11.8 Å². The van der Waals surface area contributed by atoms with Crippen LogP contribution in [-0.4, -0.2) is 67.3 Å². The highest BCUT2D eigenvalue weighted by molar-refractivity contribution is 7.92. The summed E-state index contributed by atoms with van der Waals surface area (Å²) in [4.78, 5) is 28.7. The van der Waals surface area contributed by atoms with E-state index in [1.54, 1.807) is 24.3 Å². The molecule has 13 heteroatoms. The Hall–Kier alpha value is -3.87. The van der Waals surface area contributed by atoms with Crippen molar-refractivity contribution in [2.45, 2.75) is 45.2 Å². The van der Waals surface area contributed by atoms with Crippen LogP contribution in [0.4, 0.5) is 20.6 Å². The number of likely N-dealkylation sites (tertiary alicyclic amines) is 1. The summed E-state index contributed by atoms with van der Waals surface area (Å²) in [6, 6.07) is 17.8. The third-order valence-electron chi connectivity index (χ3n) is 7.18. The molecule has 1 heterocycles. The van der Waals surface area contributed by atoms with Crippen LogP contribution in [0.25, 0.3) is 0 Å². The fourth-order valence-corrected chi connectivity index (χ4v) is 5.56. The molecule has 238 valence electrons. The Morgan fingerprint density at radius 2 is 1.59 bits per heavy atom. The van der Waals surface area contributed by atoms with Gasteiger partial charge in [-0.25, -0.2) is 22.4 Å². The lowest BCUT2D eigenvalue weighted by molar-refractivity contribution is 0.0691. The third kappa shape index (κ3) is 10.1. The number of anilines is 2. The van der Waals surface area contributed by atoms with Gasteiger partial charge in [0.25, 0.3) is 0 Å². The van der Waals surface area contributed by atoms with Gasteiger partial charge < -0.3 is 20.1 Å². The predicted molar refractivity (Wildman–Crippen MR) is 171 cm³/mol. The molecule has 0 unspecified atom stereocenters. The summed E-state index contributed by atoms with van der Waals surface area (Å²) in [6.07, 6.45) is 4.46. The van der Waals surface area contributed by atoms with Crippen molar-refractivity contribution in [1.29, 1.82) is 0 Å². The highest BCUT2D eigenvalue weighted by Gasteiger charge is 2.28. The summed E-state index contributed by atoms with van der Waals surface area (Å²) in [7, 11) is -3.34. The summed E-state index contributed by atoms with van der Waals surface area (Å²) in [5.74, 6) is -0.978. The maximum atomic E-state index is 13.8. The van der Waals surface area contributed by atoms with Crippen molar-refractivity contribution in [2.75, 3.05) is 35.9 Å². The van der Waals surface area contributed by atoms with E-state index in [0.29, 0.717) is 23.7 Å². The lowest BCUT2D eigenvalue weighted by Gasteiger charge is -2.38. The van der Waals surface area contributed by atoms with E-state index in [-0.39, 0.29) is 30.2 Å². The van der Waals surface area contributed by atoms with Crippen LogP contribution in [-0.2, 0) is 16.6 Å². The van der Waals surface area contributed by atoms with Crippen molar-refractivity contribution in [3.05, 3.63) is 83.7 Å². The number of unbranched alkanes of at least 4 members (excludes halogenated alkanes) is 1. The number of hydrogen-bond acceptors (Lipinski definition) is 6. The predicted octanol–water partition coefficient (Wildman–Crippen LogP) is 6.41. The summed E-state index contributed by atoms with van der Waals surface area (Å²) < 4.78 is 44.8. The van der Waals surface area contributed by atoms with Gasteiger partial charge in [-0.2, -0.15) is 0 Å². The van der Waals surface area contributed by atoms with Crippen molar-refractivity contribution >= 4 is 45.8 Å². The number of nitrogens with zero attached hydrogens (tertiary/aromatic N) is 2. The van der Waals surface area contributed by atoms with Crippen molar-refractivity contribution in [1.82, 2.24) is 9.80 Å². The van der Waals surface area contributed by atoms with Gasteiger partial charge in [-0.15, -0.1) is 12.4 Å². The highest BCUT2D eigenvalue weighted by Crippen LogP contribution is 2.25. The number of rotatable bonds is 12. The fourth-order valence-electron chi connectivity index (χ4n) is 4.99. The van der Waals surface area contributed by atoms with Gasteiger partial charge in [-0.3, -0.25) is 9.62 Å². The second-order valence-electron chi connectivity index (χ2n) is 10.6. The number of nitrogens with one attached hydrogen (secondary N) is 2. The number of aromatic carboxylic acids is 1. The molecule has 0 aliphatic carbocycles. The Kier molecular flexibility index (Phi) is 12.4. The van der Waals surface area contributed by atoms with E-state index < -0.39 is 27.4 Å². The van der Waals surface area contributed by atoms with E-state index >= 15 is 0 Å². The number of ether oxygens (including phenoxy) is 1. The molecule has 0 saturated carbocycles. The molecule has 3 aromatic rings. The number of urea groups is 1. The number of benzene rings is 3. The van der Waals surface area contributed by atoms with Crippen LogP contribution < -0.4 is 14.8 Å². The normalized spacial score (nSPS) is 13.9. The SMILES string of the molecule is CCCCN(C(=O)Nc1ccc(F)c(C(=O)O)c1)C1CCN(Cc2ccc(Oc3ccc(NS(C)(=O)=O)cc3)cc2)CC1.Cl. The van der Waals surface area contributed by atoms with Crippen molar-refractivity contribution < 1.29 is 32.2 Å². The minimum Gasteiger partial charge on any atom is -0.478 e. The van der Waals surface area contributed by atoms with Gasteiger partial charge in [-0.05, 0) is 79.4 Å². The summed E-state index contributed by atoms with van der Waals surface area (Å²) in [5.41, 5.74) is 1.36. The first kappa shape index (κ1) is 34.6. The number of piperidine rings is 1. The Bertz CT molecular complexity index is 1520. The molecule has 1 aliphatic rings. The molecule has 0 radical (unpaired) electrons.